The van der Waals surface area contributed by atoms with E-state index in [0.717, 1.165) is 37.2 Å². The molecule has 0 aliphatic carbocycles. The van der Waals surface area contributed by atoms with E-state index in [1.807, 2.05) is 36.2 Å². The lowest BCUT2D eigenvalue weighted by atomic mass is 10.0. The molecular weight excluding hydrogens is 463 g/mol. The van der Waals surface area contributed by atoms with Gasteiger partial charge in [-0.1, -0.05) is 59.6 Å². The molecule has 0 radical (unpaired) electrons. The zero-order chi connectivity index (χ0) is 23.6. The van der Waals surface area contributed by atoms with Crippen molar-refractivity contribution < 1.29 is 19.4 Å². The highest BCUT2D eigenvalue weighted by Crippen LogP contribution is 2.26. The van der Waals surface area contributed by atoms with Gasteiger partial charge in [-0.15, -0.1) is 0 Å². The second kappa shape index (κ2) is 13.3. The number of aliphatic hydroxyl groups excluding tert-OH is 1. The summed E-state index contributed by atoms with van der Waals surface area (Å²) in [5.74, 6) is 0.0234. The summed E-state index contributed by atoms with van der Waals surface area (Å²) in [6, 6.07) is 15.4. The van der Waals surface area contributed by atoms with Crippen molar-refractivity contribution in [3.8, 4) is 0 Å². The van der Waals surface area contributed by atoms with Gasteiger partial charge in [0.05, 0.1) is 55.0 Å². The van der Waals surface area contributed by atoms with E-state index < -0.39 is 0 Å². The molecule has 0 bridgehead atoms. The molecule has 0 spiro atoms. The van der Waals surface area contributed by atoms with Gasteiger partial charge in [0.2, 0.25) is 5.91 Å². The zero-order valence-corrected chi connectivity index (χ0v) is 20.5. The summed E-state index contributed by atoms with van der Waals surface area (Å²) in [6.07, 6.45) is 1.36. The molecule has 180 valence electrons. The molecule has 1 aliphatic rings. The number of likely N-dealkylation sites (N-methyl/N-ethyl adjacent to an activating group) is 1. The fourth-order valence-electron chi connectivity index (χ4n) is 4.03. The van der Waals surface area contributed by atoms with E-state index in [0.29, 0.717) is 29.9 Å². The Balaban J connectivity index is 1.61. The predicted octanol–water partition coefficient (Wildman–Crippen LogP) is 3.84. The van der Waals surface area contributed by atoms with E-state index in [9.17, 15) is 4.79 Å². The van der Waals surface area contributed by atoms with E-state index in [1.54, 1.807) is 12.1 Å². The van der Waals surface area contributed by atoms with Crippen molar-refractivity contribution in [2.24, 2.45) is 0 Å². The molecular formula is C25H32Cl2N2O4. The van der Waals surface area contributed by atoms with Crippen molar-refractivity contribution in [1.29, 1.82) is 0 Å². The minimum atomic E-state index is -0.0758. The second-order valence-electron chi connectivity index (χ2n) is 8.23. The number of nitrogens with zero attached hydrogens (tertiary/aromatic N) is 2. The van der Waals surface area contributed by atoms with Gasteiger partial charge in [-0.3, -0.25) is 9.69 Å². The molecule has 3 rings (SSSR count). The molecule has 1 saturated heterocycles. The van der Waals surface area contributed by atoms with Crippen molar-refractivity contribution in [3.63, 3.8) is 0 Å². The Labute approximate surface area is 206 Å². The van der Waals surface area contributed by atoms with Crippen LogP contribution in [-0.2, 0) is 20.7 Å². The Bertz CT molecular complexity index is 884. The van der Waals surface area contributed by atoms with Crippen LogP contribution in [-0.4, -0.2) is 80.0 Å². The van der Waals surface area contributed by atoms with Crippen LogP contribution in [0.4, 0.5) is 0 Å². The smallest absolute Gasteiger partial charge is 0.227 e. The minimum Gasteiger partial charge on any atom is -0.394 e. The first-order valence-corrected chi connectivity index (χ1v) is 12.0. The predicted molar refractivity (Wildman–Crippen MR) is 131 cm³/mol. The van der Waals surface area contributed by atoms with Crippen LogP contribution in [0.5, 0.6) is 0 Å². The summed E-state index contributed by atoms with van der Waals surface area (Å²) >= 11 is 12.1. The number of carbonyl (C=O) groups is 1. The van der Waals surface area contributed by atoms with Gasteiger partial charge in [-0.2, -0.15) is 0 Å². The van der Waals surface area contributed by atoms with E-state index >= 15 is 0 Å². The molecule has 1 heterocycles. The first-order chi connectivity index (χ1) is 16.0. The third kappa shape index (κ3) is 7.95. The molecule has 1 amide bonds. The topological polar surface area (TPSA) is 62.2 Å². The molecule has 8 heteroatoms. The maximum Gasteiger partial charge on any atom is 0.227 e. The van der Waals surface area contributed by atoms with Crippen molar-refractivity contribution >= 4 is 29.1 Å². The molecule has 2 unspecified atom stereocenters. The van der Waals surface area contributed by atoms with Gasteiger partial charge in [-0.05, 0) is 29.7 Å². The summed E-state index contributed by atoms with van der Waals surface area (Å²) in [5.41, 5.74) is 1.94. The summed E-state index contributed by atoms with van der Waals surface area (Å²) in [6.45, 7) is 3.82. The van der Waals surface area contributed by atoms with Crippen LogP contribution in [0.15, 0.2) is 48.5 Å². The maximum absolute atomic E-state index is 13.2. The largest absolute Gasteiger partial charge is 0.394 e. The quantitative estimate of drug-likeness (QED) is 0.454. The van der Waals surface area contributed by atoms with Crippen LogP contribution in [0.25, 0.3) is 0 Å². The molecule has 6 nitrogen and oxygen atoms in total. The number of amides is 1. The van der Waals surface area contributed by atoms with Crippen LogP contribution >= 0.6 is 23.2 Å². The summed E-state index contributed by atoms with van der Waals surface area (Å²) in [5, 5.41) is 9.70. The molecule has 1 fully saturated rings. The van der Waals surface area contributed by atoms with Gasteiger partial charge < -0.3 is 19.5 Å². The molecule has 0 aromatic heterocycles. The first kappa shape index (κ1) is 25.9. The van der Waals surface area contributed by atoms with Gasteiger partial charge in [0.1, 0.15) is 0 Å². The lowest BCUT2D eigenvalue weighted by molar-refractivity contribution is -0.131. The van der Waals surface area contributed by atoms with Gasteiger partial charge >= 0.3 is 0 Å². The van der Waals surface area contributed by atoms with Crippen LogP contribution < -0.4 is 0 Å². The number of ether oxygens (including phenoxy) is 2. The summed E-state index contributed by atoms with van der Waals surface area (Å²) in [7, 11) is 1.86. The van der Waals surface area contributed by atoms with Gasteiger partial charge in [0.15, 0.2) is 0 Å². The molecule has 1 aliphatic heterocycles. The molecule has 2 atom stereocenters. The Morgan fingerprint density at radius 2 is 1.94 bits per heavy atom. The third-order valence-corrected chi connectivity index (χ3v) is 6.60. The van der Waals surface area contributed by atoms with Gasteiger partial charge in [0, 0.05) is 26.7 Å². The number of hydrogen-bond acceptors (Lipinski definition) is 5. The maximum atomic E-state index is 13.2. The number of carbonyl (C=O) groups excluding carboxylic acids is 1. The highest BCUT2D eigenvalue weighted by Gasteiger charge is 2.29. The Morgan fingerprint density at radius 1 is 1.15 bits per heavy atom. The van der Waals surface area contributed by atoms with Crippen molar-refractivity contribution in [2.75, 3.05) is 53.1 Å². The fraction of sp³-hybridized carbons (Fsp3) is 0.480. The highest BCUT2D eigenvalue weighted by molar-refractivity contribution is 6.42. The zero-order valence-electron chi connectivity index (χ0n) is 19.0. The average molecular weight is 495 g/mol. The Morgan fingerprint density at radius 3 is 2.67 bits per heavy atom. The van der Waals surface area contributed by atoms with E-state index in [2.05, 4.69) is 17.0 Å². The lowest BCUT2D eigenvalue weighted by Crippen LogP contribution is -2.39. The van der Waals surface area contributed by atoms with E-state index in [4.69, 9.17) is 37.8 Å². The molecule has 2 aromatic carbocycles. The van der Waals surface area contributed by atoms with Crippen molar-refractivity contribution in [2.45, 2.75) is 25.0 Å². The molecule has 2 aromatic rings. The number of aliphatic hydroxyl groups is 1. The number of benzene rings is 2. The molecule has 1 N–H and O–H groups in total. The third-order valence-electron chi connectivity index (χ3n) is 5.86. The van der Waals surface area contributed by atoms with Crippen LogP contribution in [0.1, 0.15) is 23.6 Å². The van der Waals surface area contributed by atoms with Crippen LogP contribution in [0.3, 0.4) is 0 Å². The molecule has 0 saturated carbocycles. The standard InChI is InChI=1S/C25H32Cl2N2O4/c1-28(25(31)16-19-7-8-22(26)23(27)15-19)24(20-5-3-2-4-6-20)18-29-10-9-21(17-29)33-14-13-32-12-11-30/h2-8,15,21,24,30H,9-14,16-18H2,1H3. The Hall–Kier alpha value is -1.67. The monoisotopic (exact) mass is 494 g/mol. The number of rotatable bonds is 12. The van der Waals surface area contributed by atoms with Crippen molar-refractivity contribution in [3.05, 3.63) is 69.7 Å². The van der Waals surface area contributed by atoms with E-state index in [1.165, 1.54) is 0 Å². The van der Waals surface area contributed by atoms with Gasteiger partial charge in [0.25, 0.3) is 0 Å². The van der Waals surface area contributed by atoms with Crippen molar-refractivity contribution in [1.82, 2.24) is 9.80 Å². The van der Waals surface area contributed by atoms with Gasteiger partial charge in [-0.25, -0.2) is 0 Å². The lowest BCUT2D eigenvalue weighted by Gasteiger charge is -2.32. The number of likely N-dealkylation sites (tertiary alicyclic amines) is 1. The highest BCUT2D eigenvalue weighted by atomic mass is 35.5. The normalized spacial score (nSPS) is 17.3. The first-order valence-electron chi connectivity index (χ1n) is 11.2. The summed E-state index contributed by atoms with van der Waals surface area (Å²) < 4.78 is 11.2. The SMILES string of the molecule is CN(C(=O)Cc1ccc(Cl)c(Cl)c1)C(CN1CCC(OCCOCCO)C1)c1ccccc1. The van der Waals surface area contributed by atoms with Crippen LogP contribution in [0.2, 0.25) is 10.0 Å². The minimum absolute atomic E-state index is 0.0232. The average Bonchev–Trinajstić information content (AvgIpc) is 3.27. The van der Waals surface area contributed by atoms with Crippen LogP contribution in [0, 0.1) is 0 Å². The molecule has 33 heavy (non-hydrogen) atoms. The number of halogens is 2. The fourth-order valence-corrected chi connectivity index (χ4v) is 4.35. The second-order valence-corrected chi connectivity index (χ2v) is 9.05. The summed E-state index contributed by atoms with van der Waals surface area (Å²) in [4.78, 5) is 17.3. The van der Waals surface area contributed by atoms with E-state index in [-0.39, 0.29) is 31.1 Å². The Kier molecular flexibility index (Phi) is 10.4. The number of hydrogen-bond donors (Lipinski definition) is 1.